The second-order valence-electron chi connectivity index (χ2n) is 2.82. The molecule has 0 aliphatic carbocycles. The van der Waals surface area contributed by atoms with E-state index in [0.717, 1.165) is 11.3 Å². The van der Waals surface area contributed by atoms with Gasteiger partial charge in [-0.15, -0.1) is 11.3 Å². The molecule has 1 heterocycles. The first-order valence-corrected chi connectivity index (χ1v) is 6.73. The van der Waals surface area contributed by atoms with Crippen LogP contribution in [0.1, 0.15) is 23.8 Å². The lowest BCUT2D eigenvalue weighted by atomic mass is 10.5. The number of rotatable bonds is 5. The van der Waals surface area contributed by atoms with Gasteiger partial charge in [-0.2, -0.15) is 0 Å². The summed E-state index contributed by atoms with van der Waals surface area (Å²) in [5.41, 5.74) is 5.04. The van der Waals surface area contributed by atoms with Gasteiger partial charge in [-0.3, -0.25) is 9.52 Å². The van der Waals surface area contributed by atoms with Crippen molar-refractivity contribution in [1.82, 2.24) is 4.98 Å². The summed E-state index contributed by atoms with van der Waals surface area (Å²) in [5, 5.41) is 1.57. The Morgan fingerprint density at radius 3 is 2.80 bits per heavy atom. The first kappa shape index (κ1) is 11.9. The molecule has 6 nitrogen and oxygen atoms in total. The van der Waals surface area contributed by atoms with Gasteiger partial charge in [-0.05, 0) is 6.42 Å². The number of hydrogen-bond donors (Lipinski definition) is 2. The van der Waals surface area contributed by atoms with Crippen molar-refractivity contribution in [2.24, 2.45) is 5.73 Å². The highest BCUT2D eigenvalue weighted by atomic mass is 32.2. The molecule has 1 rings (SSSR count). The summed E-state index contributed by atoms with van der Waals surface area (Å²) in [6, 6.07) is 0. The van der Waals surface area contributed by atoms with Crippen LogP contribution in [-0.2, 0) is 10.0 Å². The normalized spacial score (nSPS) is 11.3. The number of nitrogens with two attached hydrogens (primary N) is 1. The van der Waals surface area contributed by atoms with Crippen LogP contribution in [0.25, 0.3) is 0 Å². The number of nitrogens with one attached hydrogen (secondary N) is 1. The smallest absolute Gasteiger partial charge is 0.268 e. The summed E-state index contributed by atoms with van der Waals surface area (Å²) in [6.45, 7) is 1.76. The van der Waals surface area contributed by atoms with Crippen LogP contribution in [0.2, 0.25) is 0 Å². The Bertz CT molecular complexity index is 452. The van der Waals surface area contributed by atoms with Crippen molar-refractivity contribution in [3.8, 4) is 0 Å². The van der Waals surface area contributed by atoms with Gasteiger partial charge in [0.2, 0.25) is 10.0 Å². The van der Waals surface area contributed by atoms with E-state index < -0.39 is 15.9 Å². The summed E-state index contributed by atoms with van der Waals surface area (Å²) in [4.78, 5) is 14.4. The van der Waals surface area contributed by atoms with Crippen LogP contribution in [0.3, 0.4) is 0 Å². The first-order chi connectivity index (χ1) is 6.94. The lowest BCUT2D eigenvalue weighted by Crippen LogP contribution is -2.16. The molecule has 1 aromatic heterocycles. The topological polar surface area (TPSA) is 102 Å². The van der Waals surface area contributed by atoms with Gasteiger partial charge in [-0.25, -0.2) is 13.4 Å². The Morgan fingerprint density at radius 2 is 2.33 bits per heavy atom. The van der Waals surface area contributed by atoms with Crippen LogP contribution in [-0.4, -0.2) is 25.1 Å². The molecule has 0 spiro atoms. The summed E-state index contributed by atoms with van der Waals surface area (Å²) < 4.78 is 24.9. The van der Waals surface area contributed by atoms with Gasteiger partial charge in [0.15, 0.2) is 5.13 Å². The molecule has 1 aromatic rings. The summed E-state index contributed by atoms with van der Waals surface area (Å²) >= 11 is 1.03. The third-order valence-corrected chi connectivity index (χ3v) is 3.81. The van der Waals surface area contributed by atoms with Crippen LogP contribution in [0.5, 0.6) is 0 Å². The average molecular weight is 249 g/mol. The molecule has 0 aliphatic heterocycles. The third kappa shape index (κ3) is 3.48. The average Bonchev–Trinajstić information content (AvgIpc) is 2.51. The largest absolute Gasteiger partial charge is 0.364 e. The van der Waals surface area contributed by atoms with E-state index in [-0.39, 0.29) is 16.6 Å². The summed E-state index contributed by atoms with van der Waals surface area (Å²) in [7, 11) is -3.35. The van der Waals surface area contributed by atoms with E-state index in [0.29, 0.717) is 6.42 Å². The molecule has 0 aromatic carbocycles. The van der Waals surface area contributed by atoms with E-state index in [4.69, 9.17) is 5.73 Å². The Labute approximate surface area is 91.6 Å². The number of carbonyl (C=O) groups excluding carboxylic acids is 1. The predicted molar refractivity (Wildman–Crippen MR) is 58.3 cm³/mol. The second-order valence-corrected chi connectivity index (χ2v) is 5.52. The number of amides is 1. The molecule has 0 aliphatic rings. The maximum atomic E-state index is 11.3. The van der Waals surface area contributed by atoms with Gasteiger partial charge >= 0.3 is 0 Å². The van der Waals surface area contributed by atoms with E-state index >= 15 is 0 Å². The molecule has 0 saturated heterocycles. The maximum absolute atomic E-state index is 11.3. The van der Waals surface area contributed by atoms with Gasteiger partial charge in [0.1, 0.15) is 5.69 Å². The van der Waals surface area contributed by atoms with Crippen molar-refractivity contribution in [2.75, 3.05) is 10.5 Å². The highest BCUT2D eigenvalue weighted by Gasteiger charge is 2.13. The van der Waals surface area contributed by atoms with Crippen molar-refractivity contribution < 1.29 is 13.2 Å². The Balaban J connectivity index is 2.77. The number of nitrogens with zero attached hydrogens (tertiary/aromatic N) is 1. The molecule has 3 N–H and O–H groups in total. The lowest BCUT2D eigenvalue weighted by molar-refractivity contribution is 0.0996. The fourth-order valence-electron chi connectivity index (χ4n) is 0.887. The third-order valence-electron chi connectivity index (χ3n) is 1.47. The highest BCUT2D eigenvalue weighted by molar-refractivity contribution is 7.92. The van der Waals surface area contributed by atoms with Crippen LogP contribution >= 0.6 is 11.3 Å². The minimum Gasteiger partial charge on any atom is -0.364 e. The number of carbonyl (C=O) groups is 1. The molecular weight excluding hydrogens is 238 g/mol. The van der Waals surface area contributed by atoms with Crippen molar-refractivity contribution in [3.05, 3.63) is 11.1 Å². The quantitative estimate of drug-likeness (QED) is 0.788. The van der Waals surface area contributed by atoms with Crippen molar-refractivity contribution in [2.45, 2.75) is 13.3 Å². The monoisotopic (exact) mass is 249 g/mol. The van der Waals surface area contributed by atoms with Crippen LogP contribution in [0.4, 0.5) is 5.13 Å². The first-order valence-electron chi connectivity index (χ1n) is 4.20. The Hall–Kier alpha value is -1.15. The fraction of sp³-hybridized carbons (Fsp3) is 0.429. The van der Waals surface area contributed by atoms with Gasteiger partial charge in [-0.1, -0.05) is 6.92 Å². The second kappa shape index (κ2) is 4.58. The van der Waals surface area contributed by atoms with E-state index in [9.17, 15) is 13.2 Å². The summed E-state index contributed by atoms with van der Waals surface area (Å²) in [5.74, 6) is -0.648. The number of primary amides is 1. The molecule has 0 unspecified atom stereocenters. The zero-order valence-corrected chi connectivity index (χ0v) is 9.69. The van der Waals surface area contributed by atoms with Gasteiger partial charge in [0, 0.05) is 5.38 Å². The summed E-state index contributed by atoms with van der Waals surface area (Å²) in [6.07, 6.45) is 0.517. The standard InChI is InChI=1S/C7H11N3O3S2/c1-2-3-15(12,13)10-7-9-5(4-14-7)6(8)11/h4H,2-3H2,1H3,(H2,8,11)(H,9,10). The van der Waals surface area contributed by atoms with Crippen LogP contribution < -0.4 is 10.5 Å². The van der Waals surface area contributed by atoms with E-state index in [1.807, 2.05) is 0 Å². The molecular formula is C7H11N3O3S2. The fourth-order valence-corrected chi connectivity index (χ4v) is 2.95. The number of thiazole rings is 1. The molecule has 0 fully saturated rings. The van der Waals surface area contributed by atoms with Gasteiger partial charge in [0.25, 0.3) is 5.91 Å². The van der Waals surface area contributed by atoms with E-state index in [1.165, 1.54) is 5.38 Å². The number of hydrogen-bond acceptors (Lipinski definition) is 5. The van der Waals surface area contributed by atoms with Crippen molar-refractivity contribution in [1.29, 1.82) is 0 Å². The number of aromatic nitrogens is 1. The SMILES string of the molecule is CCCS(=O)(=O)Nc1nc(C(N)=O)cs1. The van der Waals surface area contributed by atoms with Crippen molar-refractivity contribution in [3.63, 3.8) is 0 Å². The molecule has 1 amide bonds. The lowest BCUT2D eigenvalue weighted by Gasteiger charge is -2.01. The van der Waals surface area contributed by atoms with E-state index in [2.05, 4.69) is 9.71 Å². The Morgan fingerprint density at radius 1 is 1.67 bits per heavy atom. The molecule has 8 heteroatoms. The zero-order chi connectivity index (χ0) is 11.5. The van der Waals surface area contributed by atoms with E-state index in [1.54, 1.807) is 6.92 Å². The molecule has 0 radical (unpaired) electrons. The highest BCUT2D eigenvalue weighted by Crippen LogP contribution is 2.16. The molecule has 0 saturated carbocycles. The van der Waals surface area contributed by atoms with Gasteiger partial charge in [0.05, 0.1) is 5.75 Å². The number of sulfonamides is 1. The zero-order valence-electron chi connectivity index (χ0n) is 8.06. The molecule has 0 bridgehead atoms. The van der Waals surface area contributed by atoms with Crippen LogP contribution in [0, 0.1) is 0 Å². The minimum absolute atomic E-state index is 0.0263. The van der Waals surface area contributed by atoms with Crippen LogP contribution in [0.15, 0.2) is 5.38 Å². The minimum atomic E-state index is -3.35. The maximum Gasteiger partial charge on any atom is 0.268 e. The predicted octanol–water partition coefficient (Wildman–Crippen LogP) is 0.394. The number of anilines is 1. The van der Waals surface area contributed by atoms with Crippen molar-refractivity contribution >= 4 is 32.4 Å². The molecule has 15 heavy (non-hydrogen) atoms. The molecule has 0 atom stereocenters. The Kier molecular flexibility index (Phi) is 3.64. The van der Waals surface area contributed by atoms with Gasteiger partial charge < -0.3 is 5.73 Å². The molecule has 84 valence electrons.